The molecule has 1 aromatic rings. The first kappa shape index (κ1) is 23.5. The van der Waals surface area contributed by atoms with Gasteiger partial charge in [-0.2, -0.15) is 0 Å². The number of aromatic nitrogens is 1. The molecule has 0 aliphatic carbocycles. The predicted octanol–water partition coefficient (Wildman–Crippen LogP) is 2.05. The summed E-state index contributed by atoms with van der Waals surface area (Å²) >= 11 is 1.78. The number of likely N-dealkylation sites (N-methyl/N-ethyl adjacent to an activating group) is 1. The van der Waals surface area contributed by atoms with Gasteiger partial charge in [-0.1, -0.05) is 0 Å². The van der Waals surface area contributed by atoms with E-state index in [1.54, 1.807) is 25.5 Å². The van der Waals surface area contributed by atoms with E-state index >= 15 is 0 Å². The molecule has 1 heterocycles. The molecule has 0 radical (unpaired) electrons. The average molecular weight is 469 g/mol. The first-order valence-electron chi connectivity index (χ1n) is 8.11. The Balaban J connectivity index is 0.00000529. The third-order valence-electron chi connectivity index (χ3n) is 3.54. The number of halogens is 1. The van der Waals surface area contributed by atoms with Gasteiger partial charge in [0.1, 0.15) is 0 Å². The van der Waals surface area contributed by atoms with Crippen molar-refractivity contribution in [2.24, 2.45) is 4.99 Å². The van der Waals surface area contributed by atoms with Gasteiger partial charge in [-0.05, 0) is 27.3 Å². The second kappa shape index (κ2) is 13.8. The van der Waals surface area contributed by atoms with Crippen LogP contribution in [0, 0.1) is 13.8 Å². The number of thiazole rings is 1. The van der Waals surface area contributed by atoms with Gasteiger partial charge in [0.2, 0.25) is 0 Å². The topological polar surface area (TPSA) is 61.8 Å². The van der Waals surface area contributed by atoms with Crippen LogP contribution in [0.5, 0.6) is 0 Å². The lowest BCUT2D eigenvalue weighted by Gasteiger charge is -2.18. The number of nitrogens with zero attached hydrogens (tertiary/aromatic N) is 3. The summed E-state index contributed by atoms with van der Waals surface area (Å²) in [4.78, 5) is 12.4. The van der Waals surface area contributed by atoms with Crippen LogP contribution in [0.4, 0.5) is 0 Å². The summed E-state index contributed by atoms with van der Waals surface area (Å²) in [6.45, 7) is 8.72. The highest BCUT2D eigenvalue weighted by atomic mass is 127. The predicted molar refractivity (Wildman–Crippen MR) is 114 cm³/mol. The Morgan fingerprint density at radius 2 is 1.96 bits per heavy atom. The van der Waals surface area contributed by atoms with Crippen LogP contribution in [0.15, 0.2) is 4.99 Å². The molecule has 0 atom stereocenters. The molecule has 0 spiro atoms. The molecule has 1 rings (SSSR count). The minimum absolute atomic E-state index is 0. The molecule has 0 amide bonds. The molecule has 0 bridgehead atoms. The van der Waals surface area contributed by atoms with Gasteiger partial charge < -0.3 is 20.3 Å². The number of guanidine groups is 1. The number of aryl methyl sites for hydroxylation is 2. The van der Waals surface area contributed by atoms with Crippen LogP contribution in [-0.2, 0) is 11.2 Å². The quantitative estimate of drug-likeness (QED) is 0.238. The molecule has 2 N–H and O–H groups in total. The van der Waals surface area contributed by atoms with E-state index in [-0.39, 0.29) is 24.0 Å². The van der Waals surface area contributed by atoms with Crippen LogP contribution in [0.25, 0.3) is 0 Å². The van der Waals surface area contributed by atoms with Gasteiger partial charge >= 0.3 is 0 Å². The van der Waals surface area contributed by atoms with Gasteiger partial charge in [0.25, 0.3) is 0 Å². The molecule has 6 nitrogen and oxygen atoms in total. The van der Waals surface area contributed by atoms with Gasteiger partial charge in [0.05, 0.1) is 10.7 Å². The third kappa shape index (κ3) is 9.75. The van der Waals surface area contributed by atoms with Gasteiger partial charge in [-0.3, -0.25) is 4.99 Å². The maximum atomic E-state index is 5.07. The summed E-state index contributed by atoms with van der Waals surface area (Å²) in [6, 6.07) is 0. The van der Waals surface area contributed by atoms with Crippen LogP contribution in [0.2, 0.25) is 0 Å². The molecule has 0 aliphatic rings. The SMILES string of the molecule is CN=C(NCCc1sc(C)nc1C)NCCN(C)CCCOC.I. The molecular formula is C16H32IN5OS. The number of rotatable bonds is 10. The highest BCUT2D eigenvalue weighted by molar-refractivity contribution is 14.0. The maximum Gasteiger partial charge on any atom is 0.191 e. The first-order chi connectivity index (χ1) is 11.1. The number of ether oxygens (including phenoxy) is 1. The molecule has 1 aromatic heterocycles. The lowest BCUT2D eigenvalue weighted by molar-refractivity contribution is 0.180. The summed E-state index contributed by atoms with van der Waals surface area (Å²) in [7, 11) is 5.68. The average Bonchev–Trinajstić information content (AvgIpc) is 2.84. The Hall–Kier alpha value is -0.450. The first-order valence-corrected chi connectivity index (χ1v) is 8.93. The highest BCUT2D eigenvalue weighted by Gasteiger charge is 2.05. The summed E-state index contributed by atoms with van der Waals surface area (Å²) in [6.07, 6.45) is 2.04. The zero-order valence-electron chi connectivity index (χ0n) is 15.5. The fraction of sp³-hybridized carbons (Fsp3) is 0.750. The van der Waals surface area contributed by atoms with Crippen LogP contribution < -0.4 is 10.6 Å². The molecule has 0 saturated heterocycles. The molecule has 0 aliphatic heterocycles. The van der Waals surface area contributed by atoms with E-state index in [9.17, 15) is 0 Å². The standard InChI is InChI=1S/C16H31N5OS.HI/c1-13-15(23-14(2)20-13)7-8-18-16(17-3)19-9-11-21(4)10-6-12-22-5;/h6-12H2,1-5H3,(H2,17,18,19);1H. The van der Waals surface area contributed by atoms with Crippen molar-refractivity contribution in [1.82, 2.24) is 20.5 Å². The largest absolute Gasteiger partial charge is 0.385 e. The number of aliphatic imine (C=N–C) groups is 1. The van der Waals surface area contributed by atoms with Crippen molar-refractivity contribution in [3.05, 3.63) is 15.6 Å². The second-order valence-corrected chi connectivity index (χ2v) is 6.85. The van der Waals surface area contributed by atoms with Crippen molar-refractivity contribution >= 4 is 41.3 Å². The number of nitrogens with one attached hydrogen (secondary N) is 2. The van der Waals surface area contributed by atoms with E-state index in [4.69, 9.17) is 4.74 Å². The molecular weight excluding hydrogens is 437 g/mol. The van der Waals surface area contributed by atoms with E-state index in [1.165, 1.54) is 4.88 Å². The van der Waals surface area contributed by atoms with Crippen molar-refractivity contribution in [2.45, 2.75) is 26.7 Å². The van der Waals surface area contributed by atoms with Gasteiger partial charge in [-0.15, -0.1) is 35.3 Å². The van der Waals surface area contributed by atoms with E-state index in [1.807, 2.05) is 0 Å². The van der Waals surface area contributed by atoms with Crippen LogP contribution in [0.1, 0.15) is 22.0 Å². The molecule has 0 aromatic carbocycles. The number of methoxy groups -OCH3 is 1. The Morgan fingerprint density at radius 3 is 2.54 bits per heavy atom. The van der Waals surface area contributed by atoms with E-state index in [0.717, 1.165) is 62.3 Å². The normalized spacial score (nSPS) is 11.5. The van der Waals surface area contributed by atoms with Crippen molar-refractivity contribution < 1.29 is 4.74 Å². The van der Waals surface area contributed by atoms with Gasteiger partial charge in [0, 0.05) is 58.2 Å². The van der Waals surface area contributed by atoms with E-state index in [0.29, 0.717) is 0 Å². The Bertz CT molecular complexity index is 481. The summed E-state index contributed by atoms with van der Waals surface area (Å²) in [5.74, 6) is 0.856. The van der Waals surface area contributed by atoms with Crippen molar-refractivity contribution in [3.63, 3.8) is 0 Å². The fourth-order valence-electron chi connectivity index (χ4n) is 2.28. The summed E-state index contributed by atoms with van der Waals surface area (Å²) in [5, 5.41) is 7.85. The minimum Gasteiger partial charge on any atom is -0.385 e. The molecule has 140 valence electrons. The van der Waals surface area contributed by atoms with Crippen molar-refractivity contribution in [3.8, 4) is 0 Å². The zero-order chi connectivity index (χ0) is 17.1. The maximum absolute atomic E-state index is 5.07. The Morgan fingerprint density at radius 1 is 1.25 bits per heavy atom. The number of hydrogen-bond donors (Lipinski definition) is 2. The highest BCUT2D eigenvalue weighted by Crippen LogP contribution is 2.16. The molecule has 24 heavy (non-hydrogen) atoms. The monoisotopic (exact) mass is 469 g/mol. The van der Waals surface area contributed by atoms with Crippen molar-refractivity contribution in [2.75, 3.05) is 54.0 Å². The third-order valence-corrected chi connectivity index (χ3v) is 4.67. The second-order valence-electron chi connectivity index (χ2n) is 5.57. The molecule has 0 unspecified atom stereocenters. The molecule has 0 saturated carbocycles. The fourth-order valence-corrected chi connectivity index (χ4v) is 3.21. The minimum atomic E-state index is 0. The van der Waals surface area contributed by atoms with E-state index < -0.39 is 0 Å². The van der Waals surface area contributed by atoms with Crippen molar-refractivity contribution in [1.29, 1.82) is 0 Å². The lowest BCUT2D eigenvalue weighted by atomic mass is 10.3. The van der Waals surface area contributed by atoms with Gasteiger partial charge in [0.15, 0.2) is 5.96 Å². The van der Waals surface area contributed by atoms with E-state index in [2.05, 4.69) is 46.4 Å². The Labute approximate surface area is 167 Å². The summed E-state index contributed by atoms with van der Waals surface area (Å²) < 4.78 is 5.07. The van der Waals surface area contributed by atoms with Gasteiger partial charge in [-0.25, -0.2) is 4.98 Å². The van der Waals surface area contributed by atoms with Crippen LogP contribution >= 0.6 is 35.3 Å². The van der Waals surface area contributed by atoms with Crippen LogP contribution in [-0.4, -0.2) is 69.8 Å². The molecule has 8 heteroatoms. The van der Waals surface area contributed by atoms with Crippen LogP contribution in [0.3, 0.4) is 0 Å². The zero-order valence-corrected chi connectivity index (χ0v) is 18.7. The molecule has 0 fully saturated rings. The smallest absolute Gasteiger partial charge is 0.191 e. The summed E-state index contributed by atoms with van der Waals surface area (Å²) in [5.41, 5.74) is 1.15. The lowest BCUT2D eigenvalue weighted by Crippen LogP contribution is -2.41. The Kier molecular flexibility index (Phi) is 13.5. The number of hydrogen-bond acceptors (Lipinski definition) is 5.